The van der Waals surface area contributed by atoms with Crippen molar-refractivity contribution in [2.24, 2.45) is 0 Å². The summed E-state index contributed by atoms with van der Waals surface area (Å²) in [6.45, 7) is 4.21. The summed E-state index contributed by atoms with van der Waals surface area (Å²) in [5.41, 5.74) is 0.962. The number of benzene rings is 1. The summed E-state index contributed by atoms with van der Waals surface area (Å²) in [5.74, 6) is -0.159. The number of piperidine rings is 1. The summed E-state index contributed by atoms with van der Waals surface area (Å²) >= 11 is 0. The van der Waals surface area contributed by atoms with Gasteiger partial charge in [0.05, 0.1) is 0 Å². The first-order chi connectivity index (χ1) is 7.25. The number of likely N-dealkylation sites (tertiary alicyclic amines) is 1. The van der Waals surface area contributed by atoms with Crippen LogP contribution < -0.4 is 17.0 Å². The van der Waals surface area contributed by atoms with E-state index in [0.29, 0.717) is 6.04 Å². The van der Waals surface area contributed by atoms with Crippen LogP contribution in [0.2, 0.25) is 0 Å². The summed E-state index contributed by atoms with van der Waals surface area (Å²) in [4.78, 5) is 2.41. The van der Waals surface area contributed by atoms with Gasteiger partial charge in [0.2, 0.25) is 0 Å². The van der Waals surface area contributed by atoms with Gasteiger partial charge in [0.1, 0.15) is 0 Å². The third-order valence-electron chi connectivity index (χ3n) is 3.14. The van der Waals surface area contributed by atoms with Gasteiger partial charge in [-0.25, -0.2) is 4.39 Å². The third kappa shape index (κ3) is 5.24. The smallest absolute Gasteiger partial charge is 1.00 e. The van der Waals surface area contributed by atoms with Crippen LogP contribution in [-0.2, 0) is 6.54 Å². The molecule has 1 aliphatic heterocycles. The zero-order valence-corrected chi connectivity index (χ0v) is 13.3. The summed E-state index contributed by atoms with van der Waals surface area (Å²) in [6.07, 6.45) is 3.85. The molecular weight excluding hydrogens is 293 g/mol. The molecule has 1 saturated heterocycles. The van der Waals surface area contributed by atoms with Crippen LogP contribution in [0.1, 0.15) is 31.7 Å². The molecular formula is C13H17BrFMgN. The molecule has 1 aromatic carbocycles. The molecule has 1 aromatic rings. The normalized spacial score (nSPS) is 20.2. The fourth-order valence-corrected chi connectivity index (χ4v) is 2.19. The van der Waals surface area contributed by atoms with E-state index < -0.39 is 0 Å². The van der Waals surface area contributed by atoms with Crippen molar-refractivity contribution in [2.45, 2.75) is 38.8 Å². The van der Waals surface area contributed by atoms with Crippen LogP contribution in [0, 0.1) is 11.9 Å². The van der Waals surface area contributed by atoms with Crippen molar-refractivity contribution < 1.29 is 21.4 Å². The quantitative estimate of drug-likeness (QED) is 0.532. The van der Waals surface area contributed by atoms with Gasteiger partial charge in [-0.3, -0.25) is 4.90 Å². The SMILES string of the molecule is CC1CCCCN1Cc1[c-]ccc(F)c1.[Br-].[Mg+2]. The van der Waals surface area contributed by atoms with Gasteiger partial charge in [-0.05, 0) is 26.3 Å². The van der Waals surface area contributed by atoms with Gasteiger partial charge in [0, 0.05) is 18.4 Å². The Bertz CT molecular complexity index is 335. The van der Waals surface area contributed by atoms with Gasteiger partial charge in [-0.15, -0.1) is 17.7 Å². The molecule has 90 valence electrons. The average Bonchev–Trinajstić information content (AvgIpc) is 2.22. The van der Waals surface area contributed by atoms with E-state index in [1.807, 2.05) is 0 Å². The average molecular weight is 310 g/mol. The second-order valence-corrected chi connectivity index (χ2v) is 4.35. The first kappa shape index (κ1) is 17.4. The van der Waals surface area contributed by atoms with Gasteiger partial charge in [0.25, 0.3) is 0 Å². The summed E-state index contributed by atoms with van der Waals surface area (Å²) in [5, 5.41) is 0. The molecule has 1 aliphatic rings. The molecule has 0 bridgehead atoms. The monoisotopic (exact) mass is 309 g/mol. The van der Waals surface area contributed by atoms with Crippen LogP contribution in [0.5, 0.6) is 0 Å². The molecule has 2 rings (SSSR count). The minimum absolute atomic E-state index is 0. The van der Waals surface area contributed by atoms with Crippen molar-refractivity contribution in [3.8, 4) is 0 Å². The zero-order valence-electron chi connectivity index (χ0n) is 10.3. The Morgan fingerprint density at radius 2 is 2.24 bits per heavy atom. The predicted molar refractivity (Wildman–Crippen MR) is 64.7 cm³/mol. The Kier molecular flexibility index (Phi) is 8.63. The standard InChI is InChI=1S/C13H17FN.BrH.Mg/c1-11-5-2-3-8-15(11)10-12-6-4-7-13(14)9-12;;/h4,7,9,11H,2-3,5,8,10H2,1H3;1H;/q-1;;+2/p-1. The Morgan fingerprint density at radius 1 is 1.47 bits per heavy atom. The fraction of sp³-hybridized carbons (Fsp3) is 0.538. The molecule has 0 N–H and O–H groups in total. The maximum atomic E-state index is 13.0. The molecule has 1 atom stereocenters. The fourth-order valence-electron chi connectivity index (χ4n) is 2.19. The van der Waals surface area contributed by atoms with Gasteiger partial charge in [0.15, 0.2) is 0 Å². The van der Waals surface area contributed by atoms with Crippen LogP contribution in [0.3, 0.4) is 0 Å². The summed E-state index contributed by atoms with van der Waals surface area (Å²) < 4.78 is 13.0. The second kappa shape index (κ2) is 8.46. The van der Waals surface area contributed by atoms with Crippen LogP contribution in [0.25, 0.3) is 0 Å². The molecule has 0 amide bonds. The summed E-state index contributed by atoms with van der Waals surface area (Å²) in [7, 11) is 0. The Balaban J connectivity index is 0.00000128. The third-order valence-corrected chi connectivity index (χ3v) is 3.14. The van der Waals surface area contributed by atoms with E-state index in [4.69, 9.17) is 0 Å². The van der Waals surface area contributed by atoms with Crippen LogP contribution in [-0.4, -0.2) is 40.5 Å². The molecule has 0 aromatic heterocycles. The molecule has 1 heterocycles. The first-order valence-electron chi connectivity index (χ1n) is 5.66. The predicted octanol–water partition coefficient (Wildman–Crippen LogP) is -0.377. The topological polar surface area (TPSA) is 3.24 Å². The van der Waals surface area contributed by atoms with Gasteiger partial charge >= 0.3 is 23.1 Å². The number of hydrogen-bond donors (Lipinski definition) is 0. The van der Waals surface area contributed by atoms with Crippen LogP contribution in [0.15, 0.2) is 18.2 Å². The second-order valence-electron chi connectivity index (χ2n) is 4.35. The Labute approximate surface area is 130 Å². The van der Waals surface area contributed by atoms with E-state index in [1.54, 1.807) is 12.1 Å². The summed E-state index contributed by atoms with van der Waals surface area (Å²) in [6, 6.07) is 8.41. The van der Waals surface area contributed by atoms with Crippen molar-refractivity contribution >= 4 is 23.1 Å². The zero-order chi connectivity index (χ0) is 10.7. The Morgan fingerprint density at radius 3 is 2.88 bits per heavy atom. The van der Waals surface area contributed by atoms with Crippen molar-refractivity contribution in [3.05, 3.63) is 35.6 Å². The molecule has 1 unspecified atom stereocenters. The van der Waals surface area contributed by atoms with Crippen molar-refractivity contribution in [2.75, 3.05) is 6.54 Å². The van der Waals surface area contributed by atoms with Crippen LogP contribution in [0.4, 0.5) is 4.39 Å². The van der Waals surface area contributed by atoms with E-state index in [1.165, 1.54) is 25.3 Å². The molecule has 1 fully saturated rings. The number of rotatable bonds is 2. The largest absolute Gasteiger partial charge is 2.00 e. The Hall–Kier alpha value is 0.356. The molecule has 17 heavy (non-hydrogen) atoms. The maximum absolute atomic E-state index is 13.0. The van der Waals surface area contributed by atoms with E-state index in [-0.39, 0.29) is 45.9 Å². The van der Waals surface area contributed by atoms with E-state index in [9.17, 15) is 4.39 Å². The van der Waals surface area contributed by atoms with Gasteiger partial charge < -0.3 is 17.0 Å². The van der Waals surface area contributed by atoms with Gasteiger partial charge in [-0.1, -0.05) is 6.42 Å². The molecule has 4 heteroatoms. The first-order valence-corrected chi connectivity index (χ1v) is 5.66. The van der Waals surface area contributed by atoms with Gasteiger partial charge in [-0.2, -0.15) is 12.1 Å². The van der Waals surface area contributed by atoms with Crippen molar-refractivity contribution in [1.29, 1.82) is 0 Å². The van der Waals surface area contributed by atoms with Crippen LogP contribution >= 0.6 is 0 Å². The molecule has 0 saturated carbocycles. The number of nitrogens with zero attached hydrogens (tertiary/aromatic N) is 1. The maximum Gasteiger partial charge on any atom is 2.00 e. The van der Waals surface area contributed by atoms with Crippen molar-refractivity contribution in [3.63, 3.8) is 0 Å². The van der Waals surface area contributed by atoms with E-state index in [0.717, 1.165) is 18.7 Å². The van der Waals surface area contributed by atoms with E-state index in [2.05, 4.69) is 17.9 Å². The molecule has 0 spiro atoms. The molecule has 1 nitrogen and oxygen atoms in total. The molecule has 0 aliphatic carbocycles. The van der Waals surface area contributed by atoms with Crippen molar-refractivity contribution in [1.82, 2.24) is 4.90 Å². The minimum atomic E-state index is -0.159. The number of halogens is 2. The number of hydrogen-bond acceptors (Lipinski definition) is 1. The van der Waals surface area contributed by atoms with E-state index >= 15 is 0 Å². The molecule has 0 radical (unpaired) electrons. The minimum Gasteiger partial charge on any atom is -1.00 e.